The average Bonchev–Trinajstić information content (AvgIpc) is 3.15. The van der Waals surface area contributed by atoms with Crippen molar-refractivity contribution in [3.8, 4) is 0 Å². The van der Waals surface area contributed by atoms with Crippen LogP contribution in [0.4, 0.5) is 0 Å². The molecule has 0 saturated heterocycles. The first-order valence-corrected chi connectivity index (χ1v) is 6.16. The van der Waals surface area contributed by atoms with Gasteiger partial charge in [-0.3, -0.25) is 0 Å². The van der Waals surface area contributed by atoms with Crippen molar-refractivity contribution in [2.45, 2.75) is 38.4 Å². The first-order chi connectivity index (χ1) is 7.90. The number of rotatable bonds is 7. The molecular formula is C15H20O. The smallest absolute Gasteiger partial charge is 0.0720 e. The second-order valence-corrected chi connectivity index (χ2v) is 4.54. The van der Waals surface area contributed by atoms with Crippen molar-refractivity contribution in [1.29, 1.82) is 0 Å². The van der Waals surface area contributed by atoms with Gasteiger partial charge in [0.25, 0.3) is 0 Å². The van der Waals surface area contributed by atoms with Gasteiger partial charge >= 0.3 is 0 Å². The molecule has 0 aliphatic heterocycles. The first kappa shape index (κ1) is 11.4. The van der Waals surface area contributed by atoms with Crippen molar-refractivity contribution in [2.24, 2.45) is 5.92 Å². The van der Waals surface area contributed by atoms with Crippen molar-refractivity contribution >= 4 is 0 Å². The highest BCUT2D eigenvalue weighted by molar-refractivity contribution is 5.13. The fraction of sp³-hybridized carbons (Fsp3) is 0.467. The Morgan fingerprint density at radius 1 is 1.31 bits per heavy atom. The molecule has 0 unspecified atom stereocenters. The maximum absolute atomic E-state index is 6.01. The van der Waals surface area contributed by atoms with Crippen LogP contribution in [0.25, 0.3) is 0 Å². The molecule has 0 spiro atoms. The van der Waals surface area contributed by atoms with Crippen molar-refractivity contribution in [2.75, 3.05) is 0 Å². The molecule has 0 N–H and O–H groups in total. The van der Waals surface area contributed by atoms with Crippen molar-refractivity contribution in [3.05, 3.63) is 48.6 Å². The predicted molar refractivity (Wildman–Crippen MR) is 67.2 cm³/mol. The summed E-state index contributed by atoms with van der Waals surface area (Å²) in [5, 5.41) is 0. The zero-order valence-corrected chi connectivity index (χ0v) is 9.77. The molecular weight excluding hydrogens is 196 g/mol. The standard InChI is InChI=1S/C15H20O/c1-2-3-9-15(14-10-11-14)16-12-13-7-5-4-6-8-13/h2,4-8,14-15H,1,3,9-12H2/t15-/m1/s1. The number of hydrogen-bond acceptors (Lipinski definition) is 1. The fourth-order valence-corrected chi connectivity index (χ4v) is 1.98. The molecule has 0 radical (unpaired) electrons. The van der Waals surface area contributed by atoms with E-state index in [9.17, 15) is 0 Å². The van der Waals surface area contributed by atoms with Gasteiger partial charge in [-0.25, -0.2) is 0 Å². The van der Waals surface area contributed by atoms with Gasteiger partial charge in [-0.15, -0.1) is 6.58 Å². The largest absolute Gasteiger partial charge is 0.373 e. The topological polar surface area (TPSA) is 9.23 Å². The van der Waals surface area contributed by atoms with Crippen LogP contribution >= 0.6 is 0 Å². The molecule has 0 aromatic heterocycles. The lowest BCUT2D eigenvalue weighted by molar-refractivity contribution is 0.0210. The van der Waals surface area contributed by atoms with Crippen LogP contribution in [-0.4, -0.2) is 6.10 Å². The third kappa shape index (κ3) is 3.49. The van der Waals surface area contributed by atoms with Crippen LogP contribution in [0.15, 0.2) is 43.0 Å². The minimum atomic E-state index is 0.443. The maximum atomic E-state index is 6.01. The minimum absolute atomic E-state index is 0.443. The average molecular weight is 216 g/mol. The molecule has 1 saturated carbocycles. The zero-order valence-electron chi connectivity index (χ0n) is 9.77. The van der Waals surface area contributed by atoms with E-state index in [0.29, 0.717) is 6.10 Å². The van der Waals surface area contributed by atoms with E-state index < -0.39 is 0 Å². The summed E-state index contributed by atoms with van der Waals surface area (Å²) in [5.41, 5.74) is 1.27. The Labute approximate surface area is 98.1 Å². The van der Waals surface area contributed by atoms with E-state index in [1.807, 2.05) is 12.1 Å². The molecule has 1 heteroatoms. The molecule has 1 nitrogen and oxygen atoms in total. The monoisotopic (exact) mass is 216 g/mol. The highest BCUT2D eigenvalue weighted by Gasteiger charge is 2.31. The third-order valence-electron chi connectivity index (χ3n) is 3.11. The highest BCUT2D eigenvalue weighted by atomic mass is 16.5. The van der Waals surface area contributed by atoms with Crippen LogP contribution < -0.4 is 0 Å². The fourth-order valence-electron chi connectivity index (χ4n) is 1.98. The van der Waals surface area contributed by atoms with Crippen LogP contribution in [0.5, 0.6) is 0 Å². The van der Waals surface area contributed by atoms with E-state index in [0.717, 1.165) is 25.4 Å². The molecule has 1 aliphatic carbocycles. The van der Waals surface area contributed by atoms with Gasteiger partial charge in [0.05, 0.1) is 12.7 Å². The Morgan fingerprint density at radius 2 is 2.06 bits per heavy atom. The lowest BCUT2D eigenvalue weighted by Gasteiger charge is -2.16. The van der Waals surface area contributed by atoms with Crippen molar-refractivity contribution < 1.29 is 4.74 Å². The van der Waals surface area contributed by atoms with Crippen LogP contribution in [0.1, 0.15) is 31.2 Å². The maximum Gasteiger partial charge on any atom is 0.0720 e. The van der Waals surface area contributed by atoms with Crippen LogP contribution in [0.3, 0.4) is 0 Å². The summed E-state index contributed by atoms with van der Waals surface area (Å²) < 4.78 is 6.01. The quantitative estimate of drug-likeness (QED) is 0.627. The number of ether oxygens (including phenoxy) is 1. The molecule has 86 valence electrons. The number of hydrogen-bond donors (Lipinski definition) is 0. The van der Waals surface area contributed by atoms with Crippen molar-refractivity contribution in [1.82, 2.24) is 0 Å². The Kier molecular flexibility index (Phi) is 4.17. The second kappa shape index (κ2) is 5.86. The van der Waals surface area contributed by atoms with Gasteiger partial charge in [0.15, 0.2) is 0 Å². The Morgan fingerprint density at radius 3 is 2.69 bits per heavy atom. The highest BCUT2D eigenvalue weighted by Crippen LogP contribution is 2.36. The van der Waals surface area contributed by atoms with E-state index in [1.165, 1.54) is 18.4 Å². The lowest BCUT2D eigenvalue weighted by Crippen LogP contribution is -2.15. The van der Waals surface area contributed by atoms with Gasteiger partial charge < -0.3 is 4.74 Å². The molecule has 1 aromatic rings. The summed E-state index contributed by atoms with van der Waals surface area (Å²) in [5.74, 6) is 0.809. The summed E-state index contributed by atoms with van der Waals surface area (Å²) in [6, 6.07) is 10.4. The molecule has 1 aromatic carbocycles. The summed E-state index contributed by atoms with van der Waals surface area (Å²) >= 11 is 0. The number of benzene rings is 1. The van der Waals surface area contributed by atoms with Gasteiger partial charge in [0.1, 0.15) is 0 Å². The van der Waals surface area contributed by atoms with Gasteiger partial charge in [0.2, 0.25) is 0 Å². The molecule has 1 fully saturated rings. The van der Waals surface area contributed by atoms with Crippen LogP contribution in [0, 0.1) is 5.92 Å². The predicted octanol–water partition coefficient (Wildman–Crippen LogP) is 3.95. The summed E-state index contributed by atoms with van der Waals surface area (Å²) in [6.45, 7) is 4.52. The van der Waals surface area contributed by atoms with Gasteiger partial charge in [-0.05, 0) is 37.2 Å². The lowest BCUT2D eigenvalue weighted by atomic mass is 10.1. The molecule has 2 rings (SSSR count). The Bertz CT molecular complexity index is 313. The molecule has 0 heterocycles. The summed E-state index contributed by atoms with van der Waals surface area (Å²) in [7, 11) is 0. The van der Waals surface area contributed by atoms with E-state index >= 15 is 0 Å². The molecule has 0 amide bonds. The molecule has 1 atom stereocenters. The van der Waals surface area contributed by atoms with E-state index in [1.54, 1.807) is 0 Å². The van der Waals surface area contributed by atoms with Gasteiger partial charge in [-0.2, -0.15) is 0 Å². The SMILES string of the molecule is C=CCC[C@@H](OCc1ccccc1)C1CC1. The molecule has 16 heavy (non-hydrogen) atoms. The zero-order chi connectivity index (χ0) is 11.2. The van der Waals surface area contributed by atoms with E-state index in [2.05, 4.69) is 30.8 Å². The van der Waals surface area contributed by atoms with Crippen molar-refractivity contribution in [3.63, 3.8) is 0 Å². The third-order valence-corrected chi connectivity index (χ3v) is 3.11. The van der Waals surface area contributed by atoms with E-state index in [4.69, 9.17) is 4.74 Å². The summed E-state index contributed by atoms with van der Waals surface area (Å²) in [4.78, 5) is 0. The van der Waals surface area contributed by atoms with Gasteiger partial charge in [-0.1, -0.05) is 36.4 Å². The Balaban J connectivity index is 1.79. The minimum Gasteiger partial charge on any atom is -0.373 e. The Hall–Kier alpha value is -1.08. The van der Waals surface area contributed by atoms with E-state index in [-0.39, 0.29) is 0 Å². The first-order valence-electron chi connectivity index (χ1n) is 6.16. The number of allylic oxidation sites excluding steroid dienone is 1. The summed E-state index contributed by atoms with van der Waals surface area (Å²) in [6.07, 6.45) is 7.31. The molecule has 1 aliphatic rings. The molecule has 0 bridgehead atoms. The normalized spacial score (nSPS) is 17.0. The second-order valence-electron chi connectivity index (χ2n) is 4.54. The van der Waals surface area contributed by atoms with Gasteiger partial charge in [0, 0.05) is 0 Å². The van der Waals surface area contributed by atoms with Crippen LogP contribution in [-0.2, 0) is 11.3 Å². The van der Waals surface area contributed by atoms with Crippen LogP contribution in [0.2, 0.25) is 0 Å².